The average Bonchev–Trinajstić information content (AvgIpc) is 2.01. The molecule has 0 aromatic heterocycles. The molecule has 0 heterocycles. The molecule has 0 saturated carbocycles. The average molecular weight is 165 g/mol. The van der Waals surface area contributed by atoms with Gasteiger partial charge in [0.15, 0.2) is 0 Å². The Morgan fingerprint density at radius 2 is 1.75 bits per heavy atom. The molecule has 1 aromatic carbocycles. The summed E-state index contributed by atoms with van der Waals surface area (Å²) in [7, 11) is 0. The van der Waals surface area contributed by atoms with Crippen LogP contribution < -0.4 is 5.73 Å². The van der Waals surface area contributed by atoms with Crippen LogP contribution in [0.3, 0.4) is 0 Å². The fourth-order valence-corrected chi connectivity index (χ4v) is 1.36. The first-order valence-corrected chi connectivity index (χ1v) is 4.14. The third kappa shape index (κ3) is 1.77. The van der Waals surface area contributed by atoms with E-state index in [1.807, 2.05) is 26.0 Å². The monoisotopic (exact) mass is 165 g/mol. The summed E-state index contributed by atoms with van der Waals surface area (Å²) in [6, 6.07) is 3.96. The van der Waals surface area contributed by atoms with Gasteiger partial charge >= 0.3 is 0 Å². The molecule has 0 aliphatic heterocycles. The number of benzene rings is 1. The Kier molecular flexibility index (Phi) is 2.71. The molecule has 0 amide bonds. The molecule has 0 radical (unpaired) electrons. The summed E-state index contributed by atoms with van der Waals surface area (Å²) in [4.78, 5) is 0. The highest BCUT2D eigenvalue weighted by Crippen LogP contribution is 2.22. The van der Waals surface area contributed by atoms with Crippen molar-refractivity contribution in [3.63, 3.8) is 0 Å². The van der Waals surface area contributed by atoms with Crippen LogP contribution in [0.15, 0.2) is 12.1 Å². The van der Waals surface area contributed by atoms with Gasteiger partial charge in [-0.1, -0.05) is 12.1 Å². The van der Waals surface area contributed by atoms with Crippen molar-refractivity contribution in [3.05, 3.63) is 28.8 Å². The van der Waals surface area contributed by atoms with Crippen molar-refractivity contribution < 1.29 is 5.11 Å². The van der Waals surface area contributed by atoms with E-state index in [2.05, 4.69) is 0 Å². The van der Waals surface area contributed by atoms with Gasteiger partial charge in [-0.3, -0.25) is 0 Å². The maximum absolute atomic E-state index is 9.47. The SMILES string of the molecule is Cc1cc(CCN)cc(C)c1O. The van der Waals surface area contributed by atoms with Crippen molar-refractivity contribution in [2.24, 2.45) is 5.73 Å². The molecule has 0 aliphatic carbocycles. The molecule has 2 nitrogen and oxygen atoms in total. The van der Waals surface area contributed by atoms with Crippen molar-refractivity contribution in [1.82, 2.24) is 0 Å². The summed E-state index contributed by atoms with van der Waals surface area (Å²) in [5.74, 6) is 0.399. The largest absolute Gasteiger partial charge is 0.507 e. The molecule has 3 N–H and O–H groups in total. The minimum absolute atomic E-state index is 0.399. The summed E-state index contributed by atoms with van der Waals surface area (Å²) in [6.07, 6.45) is 0.877. The molecule has 0 atom stereocenters. The van der Waals surface area contributed by atoms with Gasteiger partial charge in [-0.05, 0) is 43.5 Å². The van der Waals surface area contributed by atoms with Crippen molar-refractivity contribution >= 4 is 0 Å². The number of aryl methyl sites for hydroxylation is 2. The zero-order valence-corrected chi connectivity index (χ0v) is 7.59. The molecular formula is C10H15NO. The van der Waals surface area contributed by atoms with Gasteiger partial charge in [0.25, 0.3) is 0 Å². The van der Waals surface area contributed by atoms with Crippen LogP contribution in [0.25, 0.3) is 0 Å². The first-order valence-electron chi connectivity index (χ1n) is 4.14. The lowest BCUT2D eigenvalue weighted by atomic mass is 10.0. The smallest absolute Gasteiger partial charge is 0.121 e. The van der Waals surface area contributed by atoms with E-state index in [0.29, 0.717) is 12.3 Å². The lowest BCUT2D eigenvalue weighted by Gasteiger charge is -2.06. The van der Waals surface area contributed by atoms with Crippen LogP contribution in [0.4, 0.5) is 0 Å². The molecular weight excluding hydrogens is 150 g/mol. The quantitative estimate of drug-likeness (QED) is 0.697. The van der Waals surface area contributed by atoms with Crippen LogP contribution >= 0.6 is 0 Å². The third-order valence-electron chi connectivity index (χ3n) is 1.98. The summed E-state index contributed by atoms with van der Waals surface area (Å²) >= 11 is 0. The van der Waals surface area contributed by atoms with Crippen LogP contribution in [0.2, 0.25) is 0 Å². The first-order chi connectivity index (χ1) is 5.65. The summed E-state index contributed by atoms with van der Waals surface area (Å²) < 4.78 is 0. The zero-order chi connectivity index (χ0) is 9.14. The Morgan fingerprint density at radius 1 is 1.25 bits per heavy atom. The highest BCUT2D eigenvalue weighted by molar-refractivity contribution is 5.42. The molecule has 0 saturated heterocycles. The van der Waals surface area contributed by atoms with E-state index >= 15 is 0 Å². The number of phenolic OH excluding ortho intramolecular Hbond substituents is 1. The molecule has 2 heteroatoms. The van der Waals surface area contributed by atoms with Gasteiger partial charge in [0.2, 0.25) is 0 Å². The molecule has 66 valence electrons. The van der Waals surface area contributed by atoms with Crippen molar-refractivity contribution in [2.75, 3.05) is 6.54 Å². The minimum Gasteiger partial charge on any atom is -0.507 e. The molecule has 0 aliphatic rings. The second-order valence-corrected chi connectivity index (χ2v) is 3.12. The Labute approximate surface area is 73.0 Å². The van der Waals surface area contributed by atoms with Crippen LogP contribution in [0.5, 0.6) is 5.75 Å². The van der Waals surface area contributed by atoms with Crippen molar-refractivity contribution in [2.45, 2.75) is 20.3 Å². The molecule has 1 rings (SSSR count). The number of rotatable bonds is 2. The number of hydrogen-bond acceptors (Lipinski definition) is 2. The second kappa shape index (κ2) is 3.59. The van der Waals surface area contributed by atoms with E-state index in [1.54, 1.807) is 0 Å². The maximum Gasteiger partial charge on any atom is 0.121 e. The number of hydrogen-bond donors (Lipinski definition) is 2. The van der Waals surface area contributed by atoms with Crippen LogP contribution in [-0.4, -0.2) is 11.7 Å². The Bertz CT molecular complexity index is 258. The topological polar surface area (TPSA) is 46.2 Å². The fraction of sp³-hybridized carbons (Fsp3) is 0.400. The number of aromatic hydroxyl groups is 1. The maximum atomic E-state index is 9.47. The van der Waals surface area contributed by atoms with E-state index in [4.69, 9.17) is 5.73 Å². The highest BCUT2D eigenvalue weighted by Gasteiger charge is 2.01. The van der Waals surface area contributed by atoms with Gasteiger partial charge in [-0.2, -0.15) is 0 Å². The van der Waals surface area contributed by atoms with Gasteiger partial charge in [0.05, 0.1) is 0 Å². The van der Waals surface area contributed by atoms with E-state index in [-0.39, 0.29) is 0 Å². The molecule has 1 aromatic rings. The van der Waals surface area contributed by atoms with Gasteiger partial charge in [0.1, 0.15) is 5.75 Å². The normalized spacial score (nSPS) is 10.2. The Balaban J connectivity index is 3.04. The first kappa shape index (κ1) is 9.07. The predicted octanol–water partition coefficient (Wildman–Crippen LogP) is 1.51. The van der Waals surface area contributed by atoms with Crippen molar-refractivity contribution in [1.29, 1.82) is 0 Å². The van der Waals surface area contributed by atoms with Gasteiger partial charge < -0.3 is 10.8 Å². The molecule has 0 bridgehead atoms. The molecule has 0 spiro atoms. The summed E-state index contributed by atoms with van der Waals surface area (Å²) in [5.41, 5.74) is 8.49. The van der Waals surface area contributed by atoms with E-state index in [9.17, 15) is 5.11 Å². The second-order valence-electron chi connectivity index (χ2n) is 3.12. The highest BCUT2D eigenvalue weighted by atomic mass is 16.3. The van der Waals surface area contributed by atoms with Gasteiger partial charge in [-0.25, -0.2) is 0 Å². The zero-order valence-electron chi connectivity index (χ0n) is 7.59. The number of nitrogens with two attached hydrogens (primary N) is 1. The van der Waals surface area contributed by atoms with Gasteiger partial charge in [0, 0.05) is 0 Å². The van der Waals surface area contributed by atoms with Crippen LogP contribution in [-0.2, 0) is 6.42 Å². The standard InChI is InChI=1S/C10H15NO/c1-7-5-9(3-4-11)6-8(2)10(7)12/h5-6,12H,3-4,11H2,1-2H3. The molecule has 0 fully saturated rings. The Morgan fingerprint density at radius 3 is 2.17 bits per heavy atom. The van der Waals surface area contributed by atoms with Crippen molar-refractivity contribution in [3.8, 4) is 5.75 Å². The molecule has 0 unspecified atom stereocenters. The lowest BCUT2D eigenvalue weighted by molar-refractivity contribution is 0.466. The summed E-state index contributed by atoms with van der Waals surface area (Å²) in [6.45, 7) is 4.47. The van der Waals surface area contributed by atoms with E-state index < -0.39 is 0 Å². The predicted molar refractivity (Wildman–Crippen MR) is 50.3 cm³/mol. The lowest BCUT2D eigenvalue weighted by Crippen LogP contribution is -2.03. The third-order valence-corrected chi connectivity index (χ3v) is 1.98. The fourth-order valence-electron chi connectivity index (χ4n) is 1.36. The minimum atomic E-state index is 0.399. The molecule has 12 heavy (non-hydrogen) atoms. The van der Waals surface area contributed by atoms with Crippen LogP contribution in [0.1, 0.15) is 16.7 Å². The summed E-state index contributed by atoms with van der Waals surface area (Å²) in [5, 5.41) is 9.47. The number of phenols is 1. The van der Waals surface area contributed by atoms with Gasteiger partial charge in [-0.15, -0.1) is 0 Å². The van der Waals surface area contributed by atoms with E-state index in [1.165, 1.54) is 5.56 Å². The van der Waals surface area contributed by atoms with Crippen LogP contribution in [0, 0.1) is 13.8 Å². The van der Waals surface area contributed by atoms with E-state index in [0.717, 1.165) is 17.5 Å². The Hall–Kier alpha value is -1.02.